The van der Waals surface area contributed by atoms with E-state index < -0.39 is 0 Å². The van der Waals surface area contributed by atoms with Gasteiger partial charge in [-0.05, 0) is 59.0 Å². The van der Waals surface area contributed by atoms with Gasteiger partial charge in [-0.15, -0.1) is 11.8 Å². The molecule has 0 N–H and O–H groups in total. The van der Waals surface area contributed by atoms with Crippen molar-refractivity contribution in [2.75, 3.05) is 0 Å². The van der Waals surface area contributed by atoms with Crippen molar-refractivity contribution in [2.24, 2.45) is 5.92 Å². The highest BCUT2D eigenvalue weighted by Gasteiger charge is 2.35. The molecule has 0 amide bonds. The van der Waals surface area contributed by atoms with E-state index in [0.717, 1.165) is 45.4 Å². The van der Waals surface area contributed by atoms with Gasteiger partial charge in [0.05, 0.1) is 16.6 Å². The van der Waals surface area contributed by atoms with Crippen LogP contribution in [0.2, 0.25) is 0 Å². The first-order valence-corrected chi connectivity index (χ1v) is 18.1. The molecule has 2 aliphatic rings. The molecule has 2 aromatic heterocycles. The van der Waals surface area contributed by atoms with Crippen LogP contribution in [-0.2, 0) is 6.42 Å². The Morgan fingerprint density at radius 1 is 0.694 bits per heavy atom. The summed E-state index contributed by atoms with van der Waals surface area (Å²) in [5.74, 6) is 1.26. The number of nitrogens with zero attached hydrogens (tertiary/aromatic N) is 3. The highest BCUT2D eigenvalue weighted by atomic mass is 32.2. The molecule has 3 nitrogen and oxygen atoms in total. The SMILES string of the molecule is CC1SC2c3ccccc3C=CC2Cc2ccccc2-c2c1n(-c1nc3c(ccc4ccccc43)nc1-c1ccccc1)c1ccccc21. The number of benzene rings is 6. The zero-order chi connectivity index (χ0) is 32.5. The second-order valence-corrected chi connectivity index (χ2v) is 14.7. The van der Waals surface area contributed by atoms with Crippen LogP contribution in [0.3, 0.4) is 0 Å². The molecule has 4 heteroatoms. The van der Waals surface area contributed by atoms with Crippen LogP contribution in [0.1, 0.15) is 39.8 Å². The minimum absolute atomic E-state index is 0.147. The van der Waals surface area contributed by atoms with E-state index in [-0.39, 0.29) is 5.25 Å². The van der Waals surface area contributed by atoms with Gasteiger partial charge in [-0.2, -0.15) is 0 Å². The third-order valence-electron chi connectivity index (χ3n) is 10.4. The van der Waals surface area contributed by atoms with E-state index in [2.05, 4.69) is 175 Å². The standard InChI is InChI=1S/C45H33N3S/c1-28-43-40(34-18-8-7-17-32(34)27-33-24-23-30-14-6-10-20-36(30)44(33)49-28)37-21-11-12-22-39(37)48(43)45-41(31-15-3-2-4-16-31)46-38-26-25-29-13-5-9-19-35(29)42(38)47-45/h2-26,28,33,44H,27H2,1H3. The van der Waals surface area contributed by atoms with Crippen LogP contribution in [0, 0.1) is 5.92 Å². The van der Waals surface area contributed by atoms with E-state index in [0.29, 0.717) is 11.2 Å². The molecule has 0 saturated heterocycles. The van der Waals surface area contributed by atoms with Gasteiger partial charge >= 0.3 is 0 Å². The number of hydrogen-bond donors (Lipinski definition) is 0. The summed E-state index contributed by atoms with van der Waals surface area (Å²) in [6.07, 6.45) is 5.78. The molecule has 1 aliphatic carbocycles. The van der Waals surface area contributed by atoms with Crippen molar-refractivity contribution in [3.8, 4) is 28.2 Å². The number of para-hydroxylation sites is 1. The monoisotopic (exact) mass is 647 g/mol. The van der Waals surface area contributed by atoms with Crippen molar-refractivity contribution < 1.29 is 0 Å². The summed E-state index contributed by atoms with van der Waals surface area (Å²) < 4.78 is 2.46. The second kappa shape index (κ2) is 11.3. The summed E-state index contributed by atoms with van der Waals surface area (Å²) in [5, 5.41) is 4.00. The predicted molar refractivity (Wildman–Crippen MR) is 206 cm³/mol. The molecule has 0 saturated carbocycles. The normalized spacial score (nSPS) is 18.3. The number of hydrogen-bond acceptors (Lipinski definition) is 3. The fourth-order valence-electron chi connectivity index (χ4n) is 8.19. The molecule has 0 fully saturated rings. The molecular weight excluding hydrogens is 615 g/mol. The van der Waals surface area contributed by atoms with Crippen LogP contribution in [0.4, 0.5) is 0 Å². The maximum atomic E-state index is 5.65. The van der Waals surface area contributed by atoms with E-state index in [1.54, 1.807) is 0 Å². The molecule has 6 aromatic carbocycles. The van der Waals surface area contributed by atoms with Gasteiger partial charge < -0.3 is 0 Å². The topological polar surface area (TPSA) is 30.7 Å². The Balaban J connectivity index is 1.33. The smallest absolute Gasteiger partial charge is 0.164 e. The maximum absolute atomic E-state index is 5.65. The van der Waals surface area contributed by atoms with Crippen LogP contribution in [0.5, 0.6) is 0 Å². The molecule has 49 heavy (non-hydrogen) atoms. The Kier molecular flexibility index (Phi) is 6.60. The van der Waals surface area contributed by atoms with Crippen molar-refractivity contribution in [3.63, 3.8) is 0 Å². The van der Waals surface area contributed by atoms with Crippen LogP contribution in [0.25, 0.3) is 67.0 Å². The average Bonchev–Trinajstić information content (AvgIpc) is 3.52. The fourth-order valence-corrected chi connectivity index (χ4v) is 9.73. The lowest BCUT2D eigenvalue weighted by atomic mass is 9.83. The lowest BCUT2D eigenvalue weighted by Crippen LogP contribution is -2.16. The van der Waals surface area contributed by atoms with Crippen molar-refractivity contribution in [2.45, 2.75) is 23.8 Å². The van der Waals surface area contributed by atoms with Crippen molar-refractivity contribution in [3.05, 3.63) is 168 Å². The Bertz CT molecular complexity index is 2600. The first-order valence-electron chi connectivity index (χ1n) is 17.1. The minimum atomic E-state index is 0.147. The molecule has 0 bridgehead atoms. The van der Waals surface area contributed by atoms with Gasteiger partial charge in [0.15, 0.2) is 5.82 Å². The third kappa shape index (κ3) is 4.51. The summed E-state index contributed by atoms with van der Waals surface area (Å²) in [7, 11) is 0. The van der Waals surface area contributed by atoms with E-state index in [9.17, 15) is 0 Å². The molecule has 8 aromatic rings. The van der Waals surface area contributed by atoms with Gasteiger partial charge in [-0.1, -0.05) is 140 Å². The third-order valence-corrected chi connectivity index (χ3v) is 11.9. The Morgan fingerprint density at radius 2 is 1.45 bits per heavy atom. The van der Waals surface area contributed by atoms with Gasteiger partial charge in [0.2, 0.25) is 0 Å². The number of rotatable bonds is 2. The fraction of sp³-hybridized carbons (Fsp3) is 0.111. The van der Waals surface area contributed by atoms with Gasteiger partial charge in [0.1, 0.15) is 5.69 Å². The molecule has 234 valence electrons. The van der Waals surface area contributed by atoms with Crippen molar-refractivity contribution in [1.82, 2.24) is 14.5 Å². The van der Waals surface area contributed by atoms with Gasteiger partial charge in [0.25, 0.3) is 0 Å². The first-order chi connectivity index (χ1) is 24.2. The summed E-state index contributed by atoms with van der Waals surface area (Å²) in [6, 6.07) is 50.3. The number of aromatic nitrogens is 3. The molecule has 0 radical (unpaired) electrons. The van der Waals surface area contributed by atoms with Crippen LogP contribution >= 0.6 is 11.8 Å². The van der Waals surface area contributed by atoms with Crippen molar-refractivity contribution >= 4 is 50.5 Å². The van der Waals surface area contributed by atoms with E-state index in [1.807, 2.05) is 0 Å². The largest absolute Gasteiger partial charge is 0.295 e. The van der Waals surface area contributed by atoms with Crippen molar-refractivity contribution in [1.29, 1.82) is 0 Å². The lowest BCUT2D eigenvalue weighted by Gasteiger charge is -2.31. The minimum Gasteiger partial charge on any atom is -0.295 e. The van der Waals surface area contributed by atoms with E-state index >= 15 is 0 Å². The van der Waals surface area contributed by atoms with Crippen LogP contribution < -0.4 is 0 Å². The molecule has 3 atom stereocenters. The number of thioether (sulfide) groups is 1. The zero-order valence-corrected chi connectivity index (χ0v) is 27.9. The highest BCUT2D eigenvalue weighted by molar-refractivity contribution is 7.99. The summed E-state index contributed by atoms with van der Waals surface area (Å²) in [4.78, 5) is 11.1. The lowest BCUT2D eigenvalue weighted by molar-refractivity contribution is 0.625. The van der Waals surface area contributed by atoms with Gasteiger partial charge in [-0.3, -0.25) is 4.57 Å². The summed E-state index contributed by atoms with van der Waals surface area (Å²) in [6.45, 7) is 2.40. The molecule has 1 aliphatic heterocycles. The van der Waals surface area contributed by atoms with E-state index in [4.69, 9.17) is 9.97 Å². The summed E-state index contributed by atoms with van der Waals surface area (Å²) >= 11 is 2.09. The van der Waals surface area contributed by atoms with E-state index in [1.165, 1.54) is 44.3 Å². The van der Waals surface area contributed by atoms with Gasteiger partial charge in [0, 0.05) is 38.1 Å². The second-order valence-electron chi connectivity index (χ2n) is 13.2. The number of fused-ring (bicyclic) bond motifs is 11. The first kappa shape index (κ1) is 28.6. The van der Waals surface area contributed by atoms with Crippen LogP contribution in [-0.4, -0.2) is 14.5 Å². The molecular formula is C45H33N3S. The molecule has 3 heterocycles. The Morgan fingerprint density at radius 3 is 2.37 bits per heavy atom. The Labute approximate surface area is 290 Å². The summed E-state index contributed by atoms with van der Waals surface area (Å²) in [5.41, 5.74) is 13.0. The highest BCUT2D eigenvalue weighted by Crippen LogP contribution is 2.55. The maximum Gasteiger partial charge on any atom is 0.164 e. The quantitative estimate of drug-likeness (QED) is 0.175. The Hall–Kier alpha value is -5.45. The molecule has 10 rings (SSSR count). The average molecular weight is 648 g/mol. The van der Waals surface area contributed by atoms with Crippen LogP contribution in [0.15, 0.2) is 146 Å². The molecule has 3 unspecified atom stereocenters. The molecule has 0 spiro atoms. The zero-order valence-electron chi connectivity index (χ0n) is 27.1. The van der Waals surface area contributed by atoms with Gasteiger partial charge in [-0.25, -0.2) is 9.97 Å². The number of allylic oxidation sites excluding steroid dienone is 1. The predicted octanol–water partition coefficient (Wildman–Crippen LogP) is 11.8.